The molecular weight excluding hydrogens is 200 g/mol. The first-order valence-electron chi connectivity index (χ1n) is 4.86. The van der Waals surface area contributed by atoms with Crippen molar-refractivity contribution >= 4 is 11.6 Å². The van der Waals surface area contributed by atoms with Gasteiger partial charge in [-0.1, -0.05) is 25.4 Å². The van der Waals surface area contributed by atoms with E-state index in [9.17, 15) is 0 Å². The minimum atomic E-state index is 0.446. The van der Waals surface area contributed by atoms with Crippen molar-refractivity contribution in [3.63, 3.8) is 0 Å². The van der Waals surface area contributed by atoms with E-state index in [2.05, 4.69) is 16.9 Å². The quantitative estimate of drug-likeness (QED) is 0.558. The molecule has 78 valence electrons. The van der Waals surface area contributed by atoms with Gasteiger partial charge in [-0.2, -0.15) is 0 Å². The zero-order valence-electron chi connectivity index (χ0n) is 8.59. The number of ether oxygens (including phenoxy) is 1. The number of halogens is 1. The van der Waals surface area contributed by atoms with E-state index in [4.69, 9.17) is 16.3 Å². The molecule has 0 fully saturated rings. The minimum absolute atomic E-state index is 0.446. The monoisotopic (exact) mass is 214 g/mol. The van der Waals surface area contributed by atoms with Crippen molar-refractivity contribution in [2.24, 2.45) is 0 Å². The molecule has 0 aliphatic rings. The number of aryl methyl sites for hydroxylation is 1. The summed E-state index contributed by atoms with van der Waals surface area (Å²) in [7, 11) is 0. The first-order valence-corrected chi connectivity index (χ1v) is 5.24. The molecule has 0 aromatic carbocycles. The molecule has 1 rings (SSSR count). The summed E-state index contributed by atoms with van der Waals surface area (Å²) in [5.41, 5.74) is 0.958. The fourth-order valence-electron chi connectivity index (χ4n) is 1.07. The van der Waals surface area contributed by atoms with Crippen molar-refractivity contribution < 1.29 is 4.74 Å². The number of aromatic nitrogens is 2. The summed E-state index contributed by atoms with van der Waals surface area (Å²) in [6.45, 7) is 5.28. The van der Waals surface area contributed by atoms with Crippen LogP contribution in [0.5, 0.6) is 0 Å². The number of hydrogen-bond donors (Lipinski definition) is 0. The lowest BCUT2D eigenvalue weighted by Crippen LogP contribution is -2.02. The molecule has 0 unspecified atom stereocenters. The van der Waals surface area contributed by atoms with Gasteiger partial charge >= 0.3 is 0 Å². The Labute approximate surface area is 89.5 Å². The van der Waals surface area contributed by atoms with Gasteiger partial charge < -0.3 is 4.74 Å². The average molecular weight is 215 g/mol. The Morgan fingerprint density at radius 3 is 2.79 bits per heavy atom. The zero-order valence-corrected chi connectivity index (χ0v) is 9.34. The van der Waals surface area contributed by atoms with Gasteiger partial charge in [-0.15, -0.1) is 0 Å². The van der Waals surface area contributed by atoms with Gasteiger partial charge in [0.1, 0.15) is 11.8 Å². The van der Waals surface area contributed by atoms with Crippen LogP contribution < -0.4 is 0 Å². The van der Waals surface area contributed by atoms with Crippen LogP contribution in [0, 0.1) is 0 Å². The fraction of sp³-hybridized carbons (Fsp3) is 0.600. The van der Waals surface area contributed by atoms with Crippen molar-refractivity contribution in [1.29, 1.82) is 0 Å². The highest BCUT2D eigenvalue weighted by Gasteiger charge is 2.01. The third-order valence-electron chi connectivity index (χ3n) is 1.74. The third-order valence-corrected chi connectivity index (χ3v) is 1.93. The molecule has 1 aromatic heterocycles. The van der Waals surface area contributed by atoms with Crippen LogP contribution in [0.3, 0.4) is 0 Å². The van der Waals surface area contributed by atoms with Gasteiger partial charge in [-0.3, -0.25) is 0 Å². The molecule has 0 saturated heterocycles. The van der Waals surface area contributed by atoms with Gasteiger partial charge in [-0.25, -0.2) is 9.97 Å². The minimum Gasteiger partial charge on any atom is -0.373 e. The first-order chi connectivity index (χ1) is 6.76. The van der Waals surface area contributed by atoms with Crippen LogP contribution in [0.25, 0.3) is 0 Å². The molecule has 0 bridgehead atoms. The molecule has 0 N–H and O–H groups in total. The predicted octanol–water partition coefficient (Wildman–Crippen LogP) is 2.62. The molecule has 3 nitrogen and oxygen atoms in total. The standard InChI is InChI=1S/C10H15ClN2O/c1-3-5-14-7-10-12-8(4-2)6-9(11)13-10/h6H,3-5,7H2,1-2H3. The number of nitrogens with zero attached hydrogens (tertiary/aromatic N) is 2. The van der Waals surface area contributed by atoms with Gasteiger partial charge in [0.25, 0.3) is 0 Å². The summed E-state index contributed by atoms with van der Waals surface area (Å²) >= 11 is 5.83. The Morgan fingerprint density at radius 1 is 1.36 bits per heavy atom. The maximum atomic E-state index is 5.83. The van der Waals surface area contributed by atoms with Crippen LogP contribution in [0.4, 0.5) is 0 Å². The third kappa shape index (κ3) is 3.60. The molecule has 14 heavy (non-hydrogen) atoms. The SMILES string of the molecule is CCCOCc1nc(Cl)cc(CC)n1. The second-order valence-corrected chi connectivity index (χ2v) is 3.39. The first kappa shape index (κ1) is 11.4. The van der Waals surface area contributed by atoms with E-state index < -0.39 is 0 Å². The van der Waals surface area contributed by atoms with Crippen molar-refractivity contribution in [3.05, 3.63) is 22.7 Å². The second-order valence-electron chi connectivity index (χ2n) is 3.00. The summed E-state index contributed by atoms with van der Waals surface area (Å²) < 4.78 is 5.34. The molecule has 0 amide bonds. The van der Waals surface area contributed by atoms with Crippen molar-refractivity contribution in [2.75, 3.05) is 6.61 Å². The molecule has 0 spiro atoms. The number of hydrogen-bond acceptors (Lipinski definition) is 3. The van der Waals surface area contributed by atoms with Gasteiger partial charge in [0.15, 0.2) is 5.82 Å². The molecule has 1 aromatic rings. The maximum absolute atomic E-state index is 5.83. The van der Waals surface area contributed by atoms with Crippen molar-refractivity contribution in [1.82, 2.24) is 9.97 Å². The van der Waals surface area contributed by atoms with E-state index in [0.717, 1.165) is 25.1 Å². The van der Waals surface area contributed by atoms with Crippen LogP contribution in [0.15, 0.2) is 6.07 Å². The average Bonchev–Trinajstić information content (AvgIpc) is 2.17. The van der Waals surface area contributed by atoms with Gasteiger partial charge in [0.05, 0.1) is 0 Å². The molecule has 0 aliphatic heterocycles. The normalized spacial score (nSPS) is 10.5. The van der Waals surface area contributed by atoms with E-state index in [-0.39, 0.29) is 0 Å². The van der Waals surface area contributed by atoms with Crippen molar-refractivity contribution in [3.8, 4) is 0 Å². The predicted molar refractivity (Wildman–Crippen MR) is 56.4 cm³/mol. The summed E-state index contributed by atoms with van der Waals surface area (Å²) in [5, 5.41) is 0.493. The van der Waals surface area contributed by atoms with Crippen LogP contribution >= 0.6 is 11.6 Å². The Morgan fingerprint density at radius 2 is 2.14 bits per heavy atom. The highest BCUT2D eigenvalue weighted by molar-refractivity contribution is 6.29. The lowest BCUT2D eigenvalue weighted by molar-refractivity contribution is 0.116. The van der Waals surface area contributed by atoms with E-state index >= 15 is 0 Å². The van der Waals surface area contributed by atoms with E-state index in [1.807, 2.05) is 6.92 Å². The summed E-state index contributed by atoms with van der Waals surface area (Å²) in [6.07, 6.45) is 1.87. The zero-order chi connectivity index (χ0) is 10.4. The summed E-state index contributed by atoms with van der Waals surface area (Å²) in [6, 6.07) is 1.78. The highest BCUT2D eigenvalue weighted by atomic mass is 35.5. The van der Waals surface area contributed by atoms with Gasteiger partial charge in [-0.05, 0) is 18.9 Å². The Hall–Kier alpha value is -0.670. The molecule has 0 aliphatic carbocycles. The summed E-state index contributed by atoms with van der Waals surface area (Å²) in [4.78, 5) is 8.39. The van der Waals surface area contributed by atoms with Gasteiger partial charge in [0.2, 0.25) is 0 Å². The van der Waals surface area contributed by atoms with Gasteiger partial charge in [0, 0.05) is 12.3 Å². The van der Waals surface area contributed by atoms with E-state index in [0.29, 0.717) is 17.6 Å². The molecule has 0 radical (unpaired) electrons. The Kier molecular flexibility index (Phi) is 4.84. The van der Waals surface area contributed by atoms with Crippen molar-refractivity contribution in [2.45, 2.75) is 33.3 Å². The van der Waals surface area contributed by atoms with Crippen LogP contribution in [0.1, 0.15) is 31.8 Å². The largest absolute Gasteiger partial charge is 0.373 e. The lowest BCUT2D eigenvalue weighted by atomic mass is 10.3. The van der Waals surface area contributed by atoms with Crippen LogP contribution in [-0.4, -0.2) is 16.6 Å². The highest BCUT2D eigenvalue weighted by Crippen LogP contribution is 2.08. The molecule has 1 heterocycles. The molecule has 0 atom stereocenters. The maximum Gasteiger partial charge on any atom is 0.155 e. The topological polar surface area (TPSA) is 35.0 Å². The van der Waals surface area contributed by atoms with Crippen LogP contribution in [0.2, 0.25) is 5.15 Å². The molecule has 0 saturated carbocycles. The smallest absolute Gasteiger partial charge is 0.155 e. The van der Waals surface area contributed by atoms with Crippen LogP contribution in [-0.2, 0) is 17.8 Å². The molecular formula is C10H15ClN2O. The Balaban J connectivity index is 2.62. The van der Waals surface area contributed by atoms with E-state index in [1.165, 1.54) is 0 Å². The lowest BCUT2D eigenvalue weighted by Gasteiger charge is -2.03. The summed E-state index contributed by atoms with van der Waals surface area (Å²) in [5.74, 6) is 0.669. The Bertz CT molecular complexity index is 291. The van der Waals surface area contributed by atoms with E-state index in [1.54, 1.807) is 6.07 Å². The second kappa shape index (κ2) is 5.94. The molecule has 4 heteroatoms. The number of rotatable bonds is 5. The fourth-order valence-corrected chi connectivity index (χ4v) is 1.29.